The Kier molecular flexibility index (Phi) is 4.77. The molecule has 2 rings (SSSR count). The lowest BCUT2D eigenvalue weighted by Gasteiger charge is -2.27. The number of pyridine rings is 1. The first kappa shape index (κ1) is 15.0. The molecule has 0 aliphatic heterocycles. The molecule has 1 heterocycles. The van der Waals surface area contributed by atoms with Crippen molar-refractivity contribution in [1.82, 2.24) is 10.3 Å². The van der Waals surface area contributed by atoms with Crippen molar-refractivity contribution in [2.45, 2.75) is 39.5 Å². The summed E-state index contributed by atoms with van der Waals surface area (Å²) in [6, 6.07) is 8.53. The molecule has 0 unspecified atom stereocenters. The highest BCUT2D eigenvalue weighted by molar-refractivity contribution is 5.85. The van der Waals surface area contributed by atoms with Gasteiger partial charge in [0.1, 0.15) is 0 Å². The quantitative estimate of drug-likeness (QED) is 0.798. The van der Waals surface area contributed by atoms with Crippen molar-refractivity contribution in [2.75, 3.05) is 13.1 Å². The highest BCUT2D eigenvalue weighted by atomic mass is 14.9. The zero-order valence-electron chi connectivity index (χ0n) is 13.1. The van der Waals surface area contributed by atoms with E-state index in [1.807, 2.05) is 12.4 Å². The van der Waals surface area contributed by atoms with E-state index in [9.17, 15) is 0 Å². The average molecular weight is 270 g/mol. The van der Waals surface area contributed by atoms with E-state index < -0.39 is 0 Å². The number of benzene rings is 1. The van der Waals surface area contributed by atoms with E-state index in [4.69, 9.17) is 0 Å². The maximum atomic E-state index is 4.42. The lowest BCUT2D eigenvalue weighted by molar-refractivity contribution is 0.444. The second kappa shape index (κ2) is 6.36. The van der Waals surface area contributed by atoms with E-state index in [2.05, 4.69) is 62.3 Å². The van der Waals surface area contributed by atoms with Crippen molar-refractivity contribution in [1.29, 1.82) is 0 Å². The molecular weight excluding hydrogens is 244 g/mol. The normalized spacial score (nSPS) is 12.2. The van der Waals surface area contributed by atoms with Gasteiger partial charge in [-0.2, -0.15) is 0 Å². The summed E-state index contributed by atoms with van der Waals surface area (Å²) in [5.74, 6) is 0.706. The smallest absolute Gasteiger partial charge is 0.0346 e. The van der Waals surface area contributed by atoms with E-state index in [1.54, 1.807) is 0 Å². The van der Waals surface area contributed by atoms with Gasteiger partial charge in [0, 0.05) is 17.8 Å². The molecule has 0 saturated heterocycles. The first-order valence-corrected chi connectivity index (χ1v) is 7.54. The zero-order chi connectivity index (χ0) is 14.6. The predicted octanol–water partition coefficient (Wildman–Crippen LogP) is 4.15. The number of nitrogens with zero attached hydrogens (tertiary/aromatic N) is 1. The lowest BCUT2D eigenvalue weighted by atomic mass is 9.80. The Labute approximate surface area is 122 Å². The molecule has 0 saturated carbocycles. The van der Waals surface area contributed by atoms with Crippen LogP contribution in [-0.4, -0.2) is 18.1 Å². The molecule has 1 aromatic heterocycles. The molecule has 2 aromatic rings. The first-order valence-electron chi connectivity index (χ1n) is 7.54. The summed E-state index contributed by atoms with van der Waals surface area (Å²) in [6.45, 7) is 11.2. The fraction of sp³-hybridized carbons (Fsp3) is 0.500. The van der Waals surface area contributed by atoms with Crippen molar-refractivity contribution >= 4 is 10.8 Å². The summed E-state index contributed by atoms with van der Waals surface area (Å²) in [7, 11) is 0. The van der Waals surface area contributed by atoms with Crippen LogP contribution in [0.15, 0.2) is 36.7 Å². The maximum Gasteiger partial charge on any atom is 0.0346 e. The van der Waals surface area contributed by atoms with Gasteiger partial charge in [-0.15, -0.1) is 0 Å². The maximum absolute atomic E-state index is 4.42. The van der Waals surface area contributed by atoms with E-state index in [-0.39, 0.29) is 5.41 Å². The zero-order valence-corrected chi connectivity index (χ0v) is 13.1. The number of aromatic nitrogens is 1. The molecule has 0 atom stereocenters. The summed E-state index contributed by atoms with van der Waals surface area (Å²) < 4.78 is 0. The van der Waals surface area contributed by atoms with E-state index >= 15 is 0 Å². The molecule has 1 N–H and O–H groups in total. The minimum Gasteiger partial charge on any atom is -0.316 e. The first-order chi connectivity index (χ1) is 9.50. The van der Waals surface area contributed by atoms with Gasteiger partial charge >= 0.3 is 0 Å². The predicted molar refractivity (Wildman–Crippen MR) is 87.1 cm³/mol. The summed E-state index contributed by atoms with van der Waals surface area (Å²) in [6.07, 6.45) is 5.10. The Morgan fingerprint density at radius 1 is 1.15 bits per heavy atom. The number of hydrogen-bond donors (Lipinski definition) is 1. The molecule has 0 amide bonds. The number of hydrogen-bond acceptors (Lipinski definition) is 2. The second-order valence-electron chi connectivity index (χ2n) is 6.64. The molecule has 1 aromatic carbocycles. The van der Waals surface area contributed by atoms with Crippen LogP contribution in [0.3, 0.4) is 0 Å². The Morgan fingerprint density at radius 2 is 1.90 bits per heavy atom. The van der Waals surface area contributed by atoms with Crippen molar-refractivity contribution in [3.8, 4) is 0 Å². The SMILES string of the molecule is CC(C)CNCCC(C)(C)c1cncc2ccccc12. The van der Waals surface area contributed by atoms with Crippen molar-refractivity contribution in [2.24, 2.45) is 5.92 Å². The molecule has 0 aliphatic rings. The third kappa shape index (κ3) is 3.57. The minimum atomic E-state index is 0.137. The average Bonchev–Trinajstić information content (AvgIpc) is 2.43. The van der Waals surface area contributed by atoms with Crippen molar-refractivity contribution in [3.63, 3.8) is 0 Å². The van der Waals surface area contributed by atoms with Crippen LogP contribution in [0.5, 0.6) is 0 Å². The molecule has 108 valence electrons. The van der Waals surface area contributed by atoms with Crippen molar-refractivity contribution in [3.05, 3.63) is 42.2 Å². The van der Waals surface area contributed by atoms with E-state index in [0.29, 0.717) is 5.92 Å². The van der Waals surface area contributed by atoms with E-state index in [1.165, 1.54) is 16.3 Å². The van der Waals surface area contributed by atoms with Crippen LogP contribution in [0.25, 0.3) is 10.8 Å². The lowest BCUT2D eigenvalue weighted by Crippen LogP contribution is -2.28. The Morgan fingerprint density at radius 3 is 2.65 bits per heavy atom. The van der Waals surface area contributed by atoms with Crippen LogP contribution in [-0.2, 0) is 5.41 Å². The molecule has 0 spiro atoms. The Balaban J connectivity index is 2.15. The standard InChI is InChI=1S/C18H26N2/c1-14(2)11-19-10-9-18(3,4)17-13-20-12-15-7-5-6-8-16(15)17/h5-8,12-14,19H,9-11H2,1-4H3. The number of fused-ring (bicyclic) bond motifs is 1. The summed E-state index contributed by atoms with van der Waals surface area (Å²) >= 11 is 0. The van der Waals surface area contributed by atoms with Crippen LogP contribution < -0.4 is 5.32 Å². The molecule has 20 heavy (non-hydrogen) atoms. The van der Waals surface area contributed by atoms with Gasteiger partial charge in [-0.1, -0.05) is 52.0 Å². The number of rotatable bonds is 6. The molecule has 0 aliphatic carbocycles. The minimum absolute atomic E-state index is 0.137. The summed E-state index contributed by atoms with van der Waals surface area (Å²) in [5.41, 5.74) is 1.49. The molecule has 0 radical (unpaired) electrons. The second-order valence-corrected chi connectivity index (χ2v) is 6.64. The monoisotopic (exact) mass is 270 g/mol. The van der Waals surface area contributed by atoms with Gasteiger partial charge in [0.25, 0.3) is 0 Å². The molecule has 2 heteroatoms. The van der Waals surface area contributed by atoms with Crippen molar-refractivity contribution < 1.29 is 0 Å². The highest BCUT2D eigenvalue weighted by Crippen LogP contribution is 2.31. The summed E-state index contributed by atoms with van der Waals surface area (Å²) in [5, 5.41) is 6.10. The molecule has 0 fully saturated rings. The van der Waals surface area contributed by atoms with Gasteiger partial charge < -0.3 is 5.32 Å². The topological polar surface area (TPSA) is 24.9 Å². The van der Waals surface area contributed by atoms with Crippen LogP contribution >= 0.6 is 0 Å². The van der Waals surface area contributed by atoms with Gasteiger partial charge in [-0.3, -0.25) is 4.98 Å². The third-order valence-electron chi connectivity index (χ3n) is 3.88. The highest BCUT2D eigenvalue weighted by Gasteiger charge is 2.22. The third-order valence-corrected chi connectivity index (χ3v) is 3.88. The van der Waals surface area contributed by atoms with Crippen LogP contribution in [0.2, 0.25) is 0 Å². The molecular formula is C18H26N2. The van der Waals surface area contributed by atoms with Gasteiger partial charge in [-0.05, 0) is 41.8 Å². The molecule has 2 nitrogen and oxygen atoms in total. The fourth-order valence-electron chi connectivity index (χ4n) is 2.58. The van der Waals surface area contributed by atoms with Gasteiger partial charge in [0.15, 0.2) is 0 Å². The Hall–Kier alpha value is -1.41. The molecule has 0 bridgehead atoms. The van der Waals surface area contributed by atoms with Crippen LogP contribution in [0.1, 0.15) is 39.7 Å². The summed E-state index contributed by atoms with van der Waals surface area (Å²) in [4.78, 5) is 4.42. The van der Waals surface area contributed by atoms with E-state index in [0.717, 1.165) is 19.5 Å². The van der Waals surface area contributed by atoms with Crippen LogP contribution in [0.4, 0.5) is 0 Å². The van der Waals surface area contributed by atoms with Gasteiger partial charge in [0.2, 0.25) is 0 Å². The van der Waals surface area contributed by atoms with Gasteiger partial charge in [0.05, 0.1) is 0 Å². The fourth-order valence-corrected chi connectivity index (χ4v) is 2.58. The largest absolute Gasteiger partial charge is 0.316 e. The van der Waals surface area contributed by atoms with Gasteiger partial charge in [-0.25, -0.2) is 0 Å². The van der Waals surface area contributed by atoms with Crippen LogP contribution in [0, 0.1) is 5.92 Å². The Bertz CT molecular complexity index is 553. The number of nitrogens with one attached hydrogen (secondary N) is 1.